The van der Waals surface area contributed by atoms with Gasteiger partial charge in [-0.1, -0.05) is 52.0 Å². The van der Waals surface area contributed by atoms with Crippen LogP contribution < -0.4 is 11.1 Å². The maximum atomic E-state index is 13.9. The fraction of sp³-hybridized carbons (Fsp3) is 0.375. The van der Waals surface area contributed by atoms with Crippen LogP contribution in [-0.2, 0) is 39.5 Å². The Kier molecular flexibility index (Phi) is 13.6. The Balaban J connectivity index is 0.000000281. The highest BCUT2D eigenvalue weighted by molar-refractivity contribution is 5.92. The first-order chi connectivity index (χ1) is 22.6. The molecule has 0 spiro atoms. The number of nitrogens with zero attached hydrogens (tertiary/aromatic N) is 4. The van der Waals surface area contributed by atoms with Gasteiger partial charge in [-0.25, -0.2) is 13.6 Å². The third-order valence-electron chi connectivity index (χ3n) is 6.86. The molecule has 0 saturated carbocycles. The molecule has 49 heavy (non-hydrogen) atoms. The molecule has 0 radical (unpaired) electrons. The number of hydrogen-bond donors (Lipinski definition) is 3. The van der Waals surface area contributed by atoms with Crippen LogP contribution in [0.15, 0.2) is 48.5 Å². The smallest absolute Gasteiger partial charge is 0.419 e. The van der Waals surface area contributed by atoms with E-state index in [4.69, 9.17) is 10.8 Å². The van der Waals surface area contributed by atoms with Gasteiger partial charge in [0, 0.05) is 38.3 Å². The normalized spacial score (nSPS) is 11.5. The van der Waals surface area contributed by atoms with Gasteiger partial charge in [0.25, 0.3) is 5.91 Å². The van der Waals surface area contributed by atoms with E-state index >= 15 is 0 Å². The maximum absolute atomic E-state index is 13.9. The molecule has 0 unspecified atom stereocenters. The van der Waals surface area contributed by atoms with E-state index in [1.807, 2.05) is 27.7 Å². The number of aromatic carboxylic acids is 1. The average Bonchev–Trinajstić information content (AvgIpc) is 3.59. The first kappa shape index (κ1) is 40.4. The van der Waals surface area contributed by atoms with Crippen molar-refractivity contribution in [1.29, 1.82) is 0 Å². The molecule has 17 heteroatoms. The zero-order valence-corrected chi connectivity index (χ0v) is 27.3. The van der Waals surface area contributed by atoms with Gasteiger partial charge in [0.05, 0.1) is 22.5 Å². The second-order valence-corrected chi connectivity index (χ2v) is 11.2. The van der Waals surface area contributed by atoms with E-state index in [-0.39, 0.29) is 47.4 Å². The quantitative estimate of drug-likeness (QED) is 0.175. The molecule has 0 bridgehead atoms. The Morgan fingerprint density at radius 3 is 1.55 bits per heavy atom. The van der Waals surface area contributed by atoms with Crippen LogP contribution in [0.25, 0.3) is 0 Å². The molecular formula is C32H36F8N6O3. The Morgan fingerprint density at radius 2 is 1.18 bits per heavy atom. The van der Waals surface area contributed by atoms with E-state index in [2.05, 4.69) is 15.5 Å². The summed E-state index contributed by atoms with van der Waals surface area (Å²) in [5, 5.41) is 19.4. The molecule has 2 heterocycles. The second-order valence-electron chi connectivity index (χ2n) is 11.2. The van der Waals surface area contributed by atoms with Gasteiger partial charge >= 0.3 is 18.3 Å². The standard InChI is InChI=1S/C16H17F4N3O.C8H7F4N.C8H12N2O2/c1-9(2)12-7-13(23(3)22-12)15(24)21-8-10-5-4-6-11(14(10)17)16(18,19)20;9-7-5(4-13)2-1-3-6(7)8(10,11)12;1-5(2)6-4-7(8(11)12)10(3)9-6/h4-7,9H,8H2,1-3H3,(H,21,24);1-3H,4,13H2;4-5H,1-3H3,(H,11,12). The van der Waals surface area contributed by atoms with Crippen molar-refractivity contribution in [1.82, 2.24) is 24.9 Å². The Bertz CT molecular complexity index is 1740. The topological polar surface area (TPSA) is 128 Å². The lowest BCUT2D eigenvalue weighted by Gasteiger charge is -2.11. The Labute approximate surface area is 276 Å². The second kappa shape index (κ2) is 16.5. The molecule has 1 amide bonds. The molecule has 4 rings (SSSR count). The number of carboxylic acids is 1. The number of halogens is 8. The molecule has 0 aliphatic carbocycles. The fourth-order valence-corrected chi connectivity index (χ4v) is 4.11. The number of rotatable bonds is 7. The van der Waals surface area contributed by atoms with E-state index in [9.17, 15) is 44.7 Å². The Hall–Kier alpha value is -4.80. The summed E-state index contributed by atoms with van der Waals surface area (Å²) in [5.74, 6) is -3.73. The van der Waals surface area contributed by atoms with E-state index in [0.717, 1.165) is 17.8 Å². The van der Waals surface area contributed by atoms with Crippen LogP contribution in [0.2, 0.25) is 0 Å². The third-order valence-corrected chi connectivity index (χ3v) is 6.86. The highest BCUT2D eigenvalue weighted by Crippen LogP contribution is 2.33. The zero-order chi connectivity index (χ0) is 37.4. The Morgan fingerprint density at radius 1 is 0.776 bits per heavy atom. The SMILES string of the molecule is CC(C)c1cc(C(=O)NCc2cccc(C(F)(F)F)c2F)n(C)n1.CC(C)c1cc(C(=O)O)n(C)n1.NCc1cccc(C(F)(F)F)c1F. The third kappa shape index (κ3) is 10.9. The van der Waals surface area contributed by atoms with E-state index in [0.29, 0.717) is 17.8 Å². The highest BCUT2D eigenvalue weighted by atomic mass is 19.4. The lowest BCUT2D eigenvalue weighted by molar-refractivity contribution is -0.140. The molecule has 0 saturated heterocycles. The van der Waals surface area contributed by atoms with Gasteiger partial charge in [-0.15, -0.1) is 0 Å². The highest BCUT2D eigenvalue weighted by Gasteiger charge is 2.35. The molecule has 0 fully saturated rings. The summed E-state index contributed by atoms with van der Waals surface area (Å²) in [4.78, 5) is 22.7. The first-order valence-electron chi connectivity index (χ1n) is 14.6. The first-order valence-corrected chi connectivity index (χ1v) is 14.6. The van der Waals surface area contributed by atoms with E-state index in [1.165, 1.54) is 21.5 Å². The number of alkyl halides is 6. The summed E-state index contributed by atoms with van der Waals surface area (Å²) < 4.78 is 104. The van der Waals surface area contributed by atoms with Crippen molar-refractivity contribution in [3.05, 3.63) is 105 Å². The zero-order valence-electron chi connectivity index (χ0n) is 27.3. The number of nitrogens with two attached hydrogens (primary N) is 1. The summed E-state index contributed by atoms with van der Waals surface area (Å²) in [6.07, 6.45) is -9.44. The van der Waals surface area contributed by atoms with Gasteiger partial charge in [-0.2, -0.15) is 36.5 Å². The molecule has 2 aromatic carbocycles. The summed E-state index contributed by atoms with van der Waals surface area (Å²) in [5.41, 5.74) is 4.10. The minimum atomic E-state index is -4.78. The van der Waals surface area contributed by atoms with Crippen LogP contribution in [0.4, 0.5) is 35.1 Å². The predicted molar refractivity (Wildman–Crippen MR) is 163 cm³/mol. The van der Waals surface area contributed by atoms with Gasteiger partial charge in [-0.05, 0) is 36.1 Å². The van der Waals surface area contributed by atoms with Crippen LogP contribution in [-0.4, -0.2) is 36.5 Å². The van der Waals surface area contributed by atoms with Crippen LogP contribution in [0.1, 0.15) is 94.1 Å². The molecule has 4 aromatic rings. The van der Waals surface area contributed by atoms with Gasteiger partial charge < -0.3 is 16.2 Å². The molecule has 268 valence electrons. The molecule has 0 aliphatic heterocycles. The van der Waals surface area contributed by atoms with E-state index in [1.54, 1.807) is 26.2 Å². The molecule has 0 aliphatic rings. The number of amides is 1. The summed E-state index contributed by atoms with van der Waals surface area (Å²) in [6, 6.07) is 9.22. The molecule has 2 aromatic heterocycles. The number of hydrogen-bond acceptors (Lipinski definition) is 5. The van der Waals surface area contributed by atoms with Crippen molar-refractivity contribution in [2.45, 2.75) is 65.0 Å². The number of carbonyl (C=O) groups excluding carboxylic acids is 1. The number of nitrogens with one attached hydrogen (secondary N) is 1. The largest absolute Gasteiger partial charge is 0.477 e. The van der Waals surface area contributed by atoms with Gasteiger partial charge in [0.15, 0.2) is 0 Å². The minimum Gasteiger partial charge on any atom is -0.477 e. The number of aromatic nitrogens is 4. The fourth-order valence-electron chi connectivity index (χ4n) is 4.11. The van der Waals surface area contributed by atoms with Crippen molar-refractivity contribution in [2.75, 3.05) is 0 Å². The lowest BCUT2D eigenvalue weighted by atomic mass is 10.1. The van der Waals surface area contributed by atoms with Gasteiger partial charge in [-0.3, -0.25) is 14.2 Å². The monoisotopic (exact) mass is 704 g/mol. The average molecular weight is 705 g/mol. The summed E-state index contributed by atoms with van der Waals surface area (Å²) >= 11 is 0. The van der Waals surface area contributed by atoms with Gasteiger partial charge in [0.1, 0.15) is 23.0 Å². The maximum Gasteiger partial charge on any atom is 0.419 e. The molecule has 9 nitrogen and oxygen atoms in total. The summed E-state index contributed by atoms with van der Waals surface area (Å²) in [7, 11) is 3.22. The summed E-state index contributed by atoms with van der Waals surface area (Å²) in [6.45, 7) is 7.21. The van der Waals surface area contributed by atoms with Crippen LogP contribution in [0.5, 0.6) is 0 Å². The number of carbonyl (C=O) groups is 2. The molecule has 4 N–H and O–H groups in total. The lowest BCUT2D eigenvalue weighted by Crippen LogP contribution is -2.26. The van der Waals surface area contributed by atoms with Gasteiger partial charge in [0.2, 0.25) is 0 Å². The van der Waals surface area contributed by atoms with Crippen LogP contribution in [0, 0.1) is 11.6 Å². The number of aryl methyl sites for hydroxylation is 2. The van der Waals surface area contributed by atoms with Crippen LogP contribution >= 0.6 is 0 Å². The van der Waals surface area contributed by atoms with Crippen molar-refractivity contribution in [3.8, 4) is 0 Å². The van der Waals surface area contributed by atoms with Crippen molar-refractivity contribution >= 4 is 11.9 Å². The molecular weight excluding hydrogens is 668 g/mol. The number of benzene rings is 2. The minimum absolute atomic E-state index is 0.124. The van der Waals surface area contributed by atoms with Crippen molar-refractivity contribution < 1.29 is 49.8 Å². The van der Waals surface area contributed by atoms with Crippen LogP contribution in [0.3, 0.4) is 0 Å². The predicted octanol–water partition coefficient (Wildman–Crippen LogP) is 7.18. The van der Waals surface area contributed by atoms with Crippen molar-refractivity contribution in [2.24, 2.45) is 19.8 Å². The van der Waals surface area contributed by atoms with Crippen molar-refractivity contribution in [3.63, 3.8) is 0 Å². The van der Waals surface area contributed by atoms with E-state index < -0.39 is 47.0 Å². The number of carboxylic acid groups (broad SMARTS) is 1. The molecule has 0 atom stereocenters.